The number of rotatable bonds is 7. The van der Waals surface area contributed by atoms with Gasteiger partial charge >= 0.3 is 5.97 Å². The van der Waals surface area contributed by atoms with Gasteiger partial charge < -0.3 is 10.1 Å². The number of carbonyl (C=O) groups is 1. The number of hydrogen-bond donors (Lipinski definition) is 1. The highest BCUT2D eigenvalue weighted by Crippen LogP contribution is 2.23. The highest BCUT2D eigenvalue weighted by atomic mass is 16.6. The highest BCUT2D eigenvalue weighted by Gasteiger charge is 2.11. The number of nitro benzene ring substituents is 1. The number of esters is 1. The maximum absolute atomic E-state index is 11.4. The lowest BCUT2D eigenvalue weighted by Gasteiger charge is -2.08. The topological polar surface area (TPSA) is 81.5 Å². The van der Waals surface area contributed by atoms with Gasteiger partial charge in [-0.2, -0.15) is 0 Å². The van der Waals surface area contributed by atoms with Crippen molar-refractivity contribution in [1.82, 2.24) is 0 Å². The molecular weight excluding hydrogens is 296 g/mol. The van der Waals surface area contributed by atoms with Crippen LogP contribution in [0.2, 0.25) is 0 Å². The molecule has 0 amide bonds. The summed E-state index contributed by atoms with van der Waals surface area (Å²) in [6.07, 6.45) is 0.242. The molecule has 0 aliphatic heterocycles. The Morgan fingerprint density at radius 1 is 1.13 bits per heavy atom. The highest BCUT2D eigenvalue weighted by molar-refractivity contribution is 5.72. The Hall–Kier alpha value is -2.89. The van der Waals surface area contributed by atoms with E-state index in [0.29, 0.717) is 18.8 Å². The quantitative estimate of drug-likeness (QED) is 0.481. The first-order valence-corrected chi connectivity index (χ1v) is 7.31. The fraction of sp³-hybridized carbons (Fsp3) is 0.235. The smallest absolute Gasteiger partial charge is 0.310 e. The van der Waals surface area contributed by atoms with Crippen molar-refractivity contribution in [2.45, 2.75) is 19.9 Å². The van der Waals surface area contributed by atoms with Crippen molar-refractivity contribution in [3.05, 3.63) is 69.8 Å². The molecule has 0 saturated heterocycles. The number of carbonyl (C=O) groups excluding carboxylic acids is 1. The summed E-state index contributed by atoms with van der Waals surface area (Å²) in [5, 5.41) is 14.0. The van der Waals surface area contributed by atoms with E-state index in [9.17, 15) is 14.9 Å². The van der Waals surface area contributed by atoms with Gasteiger partial charge in [0.25, 0.3) is 5.69 Å². The molecular formula is C17H18N2O4. The molecule has 0 fully saturated rings. The Balaban J connectivity index is 1.97. The number of benzene rings is 2. The van der Waals surface area contributed by atoms with Gasteiger partial charge in [-0.05, 0) is 24.1 Å². The van der Waals surface area contributed by atoms with Crippen molar-refractivity contribution in [2.24, 2.45) is 0 Å². The maximum Gasteiger partial charge on any atom is 0.310 e. The van der Waals surface area contributed by atoms with Crippen molar-refractivity contribution in [2.75, 3.05) is 11.9 Å². The predicted octanol–water partition coefficient (Wildman–Crippen LogP) is 3.31. The predicted molar refractivity (Wildman–Crippen MR) is 87.2 cm³/mol. The van der Waals surface area contributed by atoms with E-state index >= 15 is 0 Å². The normalized spacial score (nSPS) is 10.1. The minimum absolute atomic E-state index is 0.0476. The van der Waals surface area contributed by atoms with Crippen LogP contribution in [0.5, 0.6) is 0 Å². The molecule has 0 aliphatic carbocycles. The summed E-state index contributed by atoms with van der Waals surface area (Å²) in [6, 6.07) is 14.0. The third kappa shape index (κ3) is 4.81. The van der Waals surface area contributed by atoms with E-state index in [1.54, 1.807) is 25.1 Å². The van der Waals surface area contributed by atoms with E-state index in [1.165, 1.54) is 6.07 Å². The molecule has 2 aromatic rings. The molecule has 23 heavy (non-hydrogen) atoms. The Morgan fingerprint density at radius 3 is 2.43 bits per heavy atom. The third-order valence-corrected chi connectivity index (χ3v) is 3.26. The zero-order valence-corrected chi connectivity index (χ0v) is 12.8. The van der Waals surface area contributed by atoms with Crippen LogP contribution >= 0.6 is 0 Å². The molecule has 0 aromatic heterocycles. The Kier molecular flexibility index (Phi) is 5.68. The molecule has 0 saturated carbocycles. The van der Waals surface area contributed by atoms with Crippen LogP contribution < -0.4 is 5.32 Å². The van der Waals surface area contributed by atoms with Crippen LogP contribution in [0.1, 0.15) is 18.1 Å². The lowest BCUT2D eigenvalue weighted by molar-refractivity contribution is -0.384. The van der Waals surface area contributed by atoms with Crippen LogP contribution in [-0.2, 0) is 22.5 Å². The Labute approximate surface area is 134 Å². The van der Waals surface area contributed by atoms with Crippen LogP contribution in [0.25, 0.3) is 0 Å². The van der Waals surface area contributed by atoms with E-state index in [2.05, 4.69) is 5.32 Å². The average molecular weight is 314 g/mol. The van der Waals surface area contributed by atoms with Crippen LogP contribution in [-0.4, -0.2) is 17.5 Å². The van der Waals surface area contributed by atoms with Crippen molar-refractivity contribution in [3.8, 4) is 0 Å². The molecule has 0 heterocycles. The van der Waals surface area contributed by atoms with Crippen LogP contribution in [0.15, 0.2) is 48.5 Å². The first-order chi connectivity index (χ1) is 11.1. The number of ether oxygens (including phenoxy) is 1. The summed E-state index contributed by atoms with van der Waals surface area (Å²) in [7, 11) is 0. The van der Waals surface area contributed by atoms with E-state index in [4.69, 9.17) is 4.74 Å². The molecule has 1 N–H and O–H groups in total. The molecule has 0 radical (unpaired) electrons. The van der Waals surface area contributed by atoms with Crippen molar-refractivity contribution >= 4 is 17.3 Å². The van der Waals surface area contributed by atoms with Gasteiger partial charge in [-0.25, -0.2) is 0 Å². The lowest BCUT2D eigenvalue weighted by atomic mass is 10.1. The van der Waals surface area contributed by atoms with Gasteiger partial charge in [-0.1, -0.05) is 36.4 Å². The van der Waals surface area contributed by atoms with Gasteiger partial charge in [0.2, 0.25) is 0 Å². The molecule has 0 aliphatic rings. The molecule has 6 heteroatoms. The van der Waals surface area contributed by atoms with E-state index in [1.807, 2.05) is 24.3 Å². The fourth-order valence-corrected chi connectivity index (χ4v) is 2.13. The standard InChI is InChI=1S/C17H18N2O4/c1-2-23-17(20)11-13-7-9-14(10-8-13)12-18-15-5-3-4-6-16(15)19(21)22/h3-10,18H,2,11-12H2,1H3. The van der Waals surface area contributed by atoms with Gasteiger partial charge in [0.05, 0.1) is 18.0 Å². The van der Waals surface area contributed by atoms with Gasteiger partial charge in [0, 0.05) is 12.6 Å². The van der Waals surface area contributed by atoms with Crippen LogP contribution in [0.3, 0.4) is 0 Å². The minimum Gasteiger partial charge on any atom is -0.466 e. The van der Waals surface area contributed by atoms with Crippen molar-refractivity contribution in [1.29, 1.82) is 0 Å². The molecule has 2 aromatic carbocycles. The number of para-hydroxylation sites is 2. The van der Waals surface area contributed by atoms with Gasteiger partial charge in [-0.3, -0.25) is 14.9 Å². The second kappa shape index (κ2) is 7.93. The van der Waals surface area contributed by atoms with Crippen LogP contribution in [0, 0.1) is 10.1 Å². The first-order valence-electron chi connectivity index (χ1n) is 7.31. The van der Waals surface area contributed by atoms with Gasteiger partial charge in [-0.15, -0.1) is 0 Å². The third-order valence-electron chi connectivity index (χ3n) is 3.26. The Morgan fingerprint density at radius 2 is 1.78 bits per heavy atom. The van der Waals surface area contributed by atoms with E-state index in [-0.39, 0.29) is 18.1 Å². The second-order valence-electron chi connectivity index (χ2n) is 4.93. The molecule has 0 unspecified atom stereocenters. The summed E-state index contributed by atoms with van der Waals surface area (Å²) < 4.78 is 4.90. The van der Waals surface area contributed by atoms with E-state index < -0.39 is 4.92 Å². The first kappa shape index (κ1) is 16.5. The molecule has 0 atom stereocenters. The number of hydrogen-bond acceptors (Lipinski definition) is 5. The summed E-state index contributed by atoms with van der Waals surface area (Å²) in [6.45, 7) is 2.61. The molecule has 0 bridgehead atoms. The largest absolute Gasteiger partial charge is 0.466 e. The average Bonchev–Trinajstić information content (AvgIpc) is 2.54. The van der Waals surface area contributed by atoms with Crippen molar-refractivity contribution in [3.63, 3.8) is 0 Å². The summed E-state index contributed by atoms with van der Waals surface area (Å²) in [5.74, 6) is -0.252. The summed E-state index contributed by atoms with van der Waals surface area (Å²) in [5.41, 5.74) is 2.37. The SMILES string of the molecule is CCOC(=O)Cc1ccc(CNc2ccccc2[N+](=O)[O-])cc1. The number of anilines is 1. The number of nitrogens with one attached hydrogen (secondary N) is 1. The maximum atomic E-state index is 11.4. The summed E-state index contributed by atoms with van der Waals surface area (Å²) >= 11 is 0. The zero-order valence-electron chi connectivity index (χ0n) is 12.8. The summed E-state index contributed by atoms with van der Waals surface area (Å²) in [4.78, 5) is 22.0. The molecule has 2 rings (SSSR count). The van der Waals surface area contributed by atoms with Crippen LogP contribution in [0.4, 0.5) is 11.4 Å². The number of nitro groups is 1. The molecule has 6 nitrogen and oxygen atoms in total. The van der Waals surface area contributed by atoms with E-state index in [0.717, 1.165) is 11.1 Å². The van der Waals surface area contributed by atoms with Crippen molar-refractivity contribution < 1.29 is 14.5 Å². The minimum atomic E-state index is -0.412. The van der Waals surface area contributed by atoms with Gasteiger partial charge in [0.15, 0.2) is 0 Å². The zero-order chi connectivity index (χ0) is 16.7. The monoisotopic (exact) mass is 314 g/mol. The number of nitrogens with zero attached hydrogens (tertiary/aromatic N) is 1. The lowest BCUT2D eigenvalue weighted by Crippen LogP contribution is -2.07. The second-order valence-corrected chi connectivity index (χ2v) is 4.93. The fourth-order valence-electron chi connectivity index (χ4n) is 2.13. The van der Waals surface area contributed by atoms with Gasteiger partial charge in [0.1, 0.15) is 5.69 Å². The molecule has 120 valence electrons. The Bertz CT molecular complexity index is 683. The molecule has 0 spiro atoms.